The van der Waals surface area contributed by atoms with Crippen molar-refractivity contribution in [2.75, 3.05) is 6.54 Å². The molecule has 3 nitrogen and oxygen atoms in total. The molecule has 78 valence electrons. The van der Waals surface area contributed by atoms with Gasteiger partial charge in [0, 0.05) is 17.8 Å². The van der Waals surface area contributed by atoms with Crippen molar-refractivity contribution >= 4 is 17.6 Å². The summed E-state index contributed by atoms with van der Waals surface area (Å²) < 4.78 is 5.15. The Kier molecular flexibility index (Phi) is 2.92. The Morgan fingerprint density at radius 1 is 1.33 bits per heavy atom. The van der Waals surface area contributed by atoms with Crippen LogP contribution in [0.25, 0.3) is 0 Å². The summed E-state index contributed by atoms with van der Waals surface area (Å²) in [5.74, 6) is 0.208. The number of hydrogen-bond donors (Lipinski definition) is 1. The Hall–Kier alpha value is -1.48. The van der Waals surface area contributed by atoms with E-state index in [-0.39, 0.29) is 5.97 Å². The molecule has 0 radical (unpaired) electrons. The van der Waals surface area contributed by atoms with Crippen LogP contribution < -0.4 is 10.1 Å². The third kappa shape index (κ3) is 2.50. The molecule has 1 aromatic carbocycles. The Morgan fingerprint density at radius 2 is 2.07 bits per heavy atom. The first-order valence-corrected chi connectivity index (χ1v) is 5.04. The highest BCUT2D eigenvalue weighted by molar-refractivity contribution is 6.30. The van der Waals surface area contributed by atoms with E-state index >= 15 is 0 Å². The SMILES string of the molecule is O=C(Oc1ccc(Cl)cc1)C1=CNCC1. The third-order valence-corrected chi connectivity index (χ3v) is 2.35. The van der Waals surface area contributed by atoms with Crippen molar-refractivity contribution < 1.29 is 9.53 Å². The molecule has 0 unspecified atom stereocenters. The van der Waals surface area contributed by atoms with Gasteiger partial charge in [-0.25, -0.2) is 4.79 Å². The van der Waals surface area contributed by atoms with E-state index in [0.29, 0.717) is 22.8 Å². The molecule has 0 saturated carbocycles. The van der Waals surface area contributed by atoms with Gasteiger partial charge in [0.15, 0.2) is 0 Å². The molecule has 1 N–H and O–H groups in total. The fraction of sp³-hybridized carbons (Fsp3) is 0.182. The van der Waals surface area contributed by atoms with Crippen molar-refractivity contribution in [3.05, 3.63) is 41.1 Å². The zero-order valence-corrected chi connectivity index (χ0v) is 8.75. The fourth-order valence-electron chi connectivity index (χ4n) is 1.31. The quantitative estimate of drug-likeness (QED) is 0.617. The maximum Gasteiger partial charge on any atom is 0.340 e. The standard InChI is InChI=1S/C11H10ClNO2/c12-9-1-3-10(4-2-9)15-11(14)8-5-6-13-7-8/h1-4,7,13H,5-6H2. The number of halogens is 1. The minimum absolute atomic E-state index is 0.303. The molecule has 15 heavy (non-hydrogen) atoms. The van der Waals surface area contributed by atoms with Gasteiger partial charge in [-0.1, -0.05) is 11.6 Å². The lowest BCUT2D eigenvalue weighted by atomic mass is 10.2. The van der Waals surface area contributed by atoms with Gasteiger partial charge in [0.1, 0.15) is 5.75 Å². The number of esters is 1. The molecule has 1 aliphatic heterocycles. The minimum atomic E-state index is -0.303. The third-order valence-electron chi connectivity index (χ3n) is 2.10. The molecule has 0 aromatic heterocycles. The first-order chi connectivity index (χ1) is 7.25. The minimum Gasteiger partial charge on any atom is -0.423 e. The molecule has 1 aliphatic rings. The maximum atomic E-state index is 11.5. The predicted molar refractivity (Wildman–Crippen MR) is 57.8 cm³/mol. The zero-order valence-electron chi connectivity index (χ0n) is 8.00. The van der Waals surface area contributed by atoms with Crippen LogP contribution in [-0.4, -0.2) is 12.5 Å². The van der Waals surface area contributed by atoms with Crippen LogP contribution in [0, 0.1) is 0 Å². The summed E-state index contributed by atoms with van der Waals surface area (Å²) in [6, 6.07) is 6.71. The molecule has 0 fully saturated rings. The van der Waals surface area contributed by atoms with E-state index in [0.717, 1.165) is 6.54 Å². The van der Waals surface area contributed by atoms with Crippen LogP contribution in [0.15, 0.2) is 36.0 Å². The zero-order chi connectivity index (χ0) is 10.7. The summed E-state index contributed by atoms with van der Waals surface area (Å²) in [6.45, 7) is 0.797. The number of rotatable bonds is 2. The molecule has 0 amide bonds. The van der Waals surface area contributed by atoms with E-state index < -0.39 is 0 Å². The van der Waals surface area contributed by atoms with Gasteiger partial charge in [0.25, 0.3) is 0 Å². The molecule has 4 heteroatoms. The van der Waals surface area contributed by atoms with E-state index in [4.69, 9.17) is 16.3 Å². The molecule has 0 atom stereocenters. The van der Waals surface area contributed by atoms with Gasteiger partial charge < -0.3 is 10.1 Å². The Morgan fingerprint density at radius 3 is 2.67 bits per heavy atom. The molecular formula is C11H10ClNO2. The van der Waals surface area contributed by atoms with Gasteiger partial charge in [0.05, 0.1) is 5.57 Å². The van der Waals surface area contributed by atoms with Gasteiger partial charge in [-0.3, -0.25) is 0 Å². The lowest BCUT2D eigenvalue weighted by molar-refractivity contribution is -0.130. The van der Waals surface area contributed by atoms with E-state index in [9.17, 15) is 4.79 Å². The Balaban J connectivity index is 2.02. The summed E-state index contributed by atoms with van der Waals surface area (Å²) in [4.78, 5) is 11.5. The number of carbonyl (C=O) groups is 1. The summed E-state index contributed by atoms with van der Waals surface area (Å²) in [5, 5.41) is 3.59. The number of benzene rings is 1. The molecule has 0 aliphatic carbocycles. The highest BCUT2D eigenvalue weighted by Gasteiger charge is 2.15. The number of hydrogen-bond acceptors (Lipinski definition) is 3. The second-order valence-electron chi connectivity index (χ2n) is 3.22. The van der Waals surface area contributed by atoms with Crippen molar-refractivity contribution in [3.8, 4) is 5.75 Å². The smallest absolute Gasteiger partial charge is 0.340 e. The van der Waals surface area contributed by atoms with Crippen LogP contribution in [-0.2, 0) is 4.79 Å². The van der Waals surface area contributed by atoms with Crippen molar-refractivity contribution in [2.45, 2.75) is 6.42 Å². The normalized spacial score (nSPS) is 14.3. The first kappa shape index (κ1) is 10.1. The summed E-state index contributed by atoms with van der Waals surface area (Å²) in [6.07, 6.45) is 2.41. The average molecular weight is 224 g/mol. The number of carbonyl (C=O) groups excluding carboxylic acids is 1. The predicted octanol–water partition coefficient (Wildman–Crippen LogP) is 2.12. The van der Waals surface area contributed by atoms with E-state index in [1.165, 1.54) is 0 Å². The van der Waals surface area contributed by atoms with Gasteiger partial charge in [-0.05, 0) is 30.7 Å². The monoisotopic (exact) mass is 223 g/mol. The summed E-state index contributed by atoms with van der Waals surface area (Å²) in [7, 11) is 0. The topological polar surface area (TPSA) is 38.3 Å². The highest BCUT2D eigenvalue weighted by atomic mass is 35.5. The van der Waals surface area contributed by atoms with Crippen LogP contribution in [0.3, 0.4) is 0 Å². The first-order valence-electron chi connectivity index (χ1n) is 4.66. The molecule has 2 rings (SSSR count). The second kappa shape index (κ2) is 4.36. The summed E-state index contributed by atoms with van der Waals surface area (Å²) >= 11 is 5.71. The lowest BCUT2D eigenvalue weighted by Gasteiger charge is -2.03. The van der Waals surface area contributed by atoms with E-state index in [2.05, 4.69) is 5.32 Å². The van der Waals surface area contributed by atoms with Crippen LogP contribution in [0.1, 0.15) is 6.42 Å². The maximum absolute atomic E-state index is 11.5. The Labute approximate surface area is 92.7 Å². The molecule has 1 aromatic rings. The molecule has 1 heterocycles. The largest absolute Gasteiger partial charge is 0.423 e. The van der Waals surface area contributed by atoms with Crippen LogP contribution >= 0.6 is 11.6 Å². The average Bonchev–Trinajstić information content (AvgIpc) is 2.74. The van der Waals surface area contributed by atoms with Gasteiger partial charge >= 0.3 is 5.97 Å². The van der Waals surface area contributed by atoms with E-state index in [1.54, 1.807) is 30.5 Å². The molecular weight excluding hydrogens is 214 g/mol. The van der Waals surface area contributed by atoms with Crippen molar-refractivity contribution in [2.24, 2.45) is 0 Å². The van der Waals surface area contributed by atoms with Crippen LogP contribution in [0.4, 0.5) is 0 Å². The fourth-order valence-corrected chi connectivity index (χ4v) is 1.44. The molecule has 0 spiro atoms. The van der Waals surface area contributed by atoms with E-state index in [1.807, 2.05) is 0 Å². The molecule has 0 bridgehead atoms. The lowest BCUT2D eigenvalue weighted by Crippen LogP contribution is -2.09. The van der Waals surface area contributed by atoms with Crippen molar-refractivity contribution in [1.29, 1.82) is 0 Å². The number of nitrogens with one attached hydrogen (secondary N) is 1. The highest BCUT2D eigenvalue weighted by Crippen LogP contribution is 2.17. The van der Waals surface area contributed by atoms with Gasteiger partial charge in [-0.2, -0.15) is 0 Å². The number of ether oxygens (including phenoxy) is 1. The summed E-state index contributed by atoms with van der Waals surface area (Å²) in [5.41, 5.74) is 0.671. The van der Waals surface area contributed by atoms with Crippen LogP contribution in [0.2, 0.25) is 5.02 Å². The van der Waals surface area contributed by atoms with Crippen molar-refractivity contribution in [1.82, 2.24) is 5.32 Å². The van der Waals surface area contributed by atoms with Gasteiger partial charge in [0.2, 0.25) is 0 Å². The van der Waals surface area contributed by atoms with Crippen LogP contribution in [0.5, 0.6) is 5.75 Å². The second-order valence-corrected chi connectivity index (χ2v) is 3.65. The van der Waals surface area contributed by atoms with Gasteiger partial charge in [-0.15, -0.1) is 0 Å². The Bertz CT molecular complexity index is 398. The molecule has 0 saturated heterocycles. The van der Waals surface area contributed by atoms with Crippen molar-refractivity contribution in [3.63, 3.8) is 0 Å².